The lowest BCUT2D eigenvalue weighted by Gasteiger charge is -2.45. The van der Waals surface area contributed by atoms with Crippen LogP contribution in [0.1, 0.15) is 17.0 Å². The summed E-state index contributed by atoms with van der Waals surface area (Å²) < 4.78 is 33.3. The second-order valence-corrected chi connectivity index (χ2v) is 8.29. The maximum absolute atomic E-state index is 14.2. The minimum Gasteiger partial charge on any atom is -0.445 e. The van der Waals surface area contributed by atoms with E-state index in [2.05, 4.69) is 0 Å². The number of rotatable bonds is 3. The molecule has 0 bridgehead atoms. The zero-order valence-corrected chi connectivity index (χ0v) is 18.4. The van der Waals surface area contributed by atoms with Crippen LogP contribution in [0, 0.1) is 57.0 Å². The Kier molecular flexibility index (Phi) is 6.23. The number of carbonyl (C=O) groups excluding carboxylic acids is 1. The number of ether oxygens (including phenoxy) is 1. The predicted molar refractivity (Wildman–Crippen MR) is 119 cm³/mol. The molecule has 2 atom stereocenters. The van der Waals surface area contributed by atoms with Gasteiger partial charge in [-0.15, -0.1) is 0 Å². The standard InChI is InChI=1S/C26H19F2N5O2/c27-21-7-6-17(10-22(21)28)23-20-12-33(25(34)35-13-16-4-2-1-3-5-16)9-8-18(20)19(11-29)24(32)26(23,14-30)15-31/h1-8,10,20,23H,9,12-13,32H2/t20-,23-/m0/s1. The number of amides is 1. The summed E-state index contributed by atoms with van der Waals surface area (Å²) in [6, 6.07) is 18.0. The summed E-state index contributed by atoms with van der Waals surface area (Å²) >= 11 is 0. The van der Waals surface area contributed by atoms with Crippen LogP contribution in [0.5, 0.6) is 0 Å². The molecule has 4 rings (SSSR count). The van der Waals surface area contributed by atoms with Gasteiger partial charge in [-0.05, 0) is 28.8 Å². The zero-order chi connectivity index (χ0) is 25.2. The molecule has 0 unspecified atom stereocenters. The Bertz CT molecular complexity index is 1350. The third kappa shape index (κ3) is 3.96. The number of carbonyl (C=O) groups is 1. The summed E-state index contributed by atoms with van der Waals surface area (Å²) in [5.74, 6) is -4.07. The number of benzene rings is 2. The second kappa shape index (κ2) is 9.29. The first-order chi connectivity index (χ1) is 16.9. The van der Waals surface area contributed by atoms with Gasteiger partial charge in [0.15, 0.2) is 17.0 Å². The van der Waals surface area contributed by atoms with Crippen LogP contribution in [-0.2, 0) is 11.3 Å². The monoisotopic (exact) mass is 471 g/mol. The van der Waals surface area contributed by atoms with Gasteiger partial charge >= 0.3 is 6.09 Å². The SMILES string of the molecule is N#CC1=C(N)C(C#N)(C#N)[C@@H](c2ccc(F)c(F)c2)[C@H]2CN(C(=O)OCc3ccccc3)CC=C12. The molecule has 35 heavy (non-hydrogen) atoms. The van der Waals surface area contributed by atoms with Crippen LogP contribution < -0.4 is 5.73 Å². The van der Waals surface area contributed by atoms with Gasteiger partial charge in [0.1, 0.15) is 12.7 Å². The topological polar surface area (TPSA) is 127 Å². The van der Waals surface area contributed by atoms with Crippen molar-refractivity contribution in [3.63, 3.8) is 0 Å². The molecule has 1 amide bonds. The van der Waals surface area contributed by atoms with Crippen molar-refractivity contribution >= 4 is 6.09 Å². The van der Waals surface area contributed by atoms with E-state index in [1.807, 2.05) is 48.5 Å². The van der Waals surface area contributed by atoms with Crippen LogP contribution in [0.2, 0.25) is 0 Å². The molecule has 0 saturated carbocycles. The fraction of sp³-hybridized carbons (Fsp3) is 0.231. The number of fused-ring (bicyclic) bond motifs is 1. The fourth-order valence-corrected chi connectivity index (χ4v) is 4.72. The van der Waals surface area contributed by atoms with E-state index < -0.39 is 35.0 Å². The molecule has 1 aliphatic heterocycles. The number of nitrogens with two attached hydrogens (primary N) is 1. The molecule has 2 aromatic rings. The molecule has 1 aliphatic carbocycles. The van der Waals surface area contributed by atoms with E-state index >= 15 is 0 Å². The van der Waals surface area contributed by atoms with E-state index in [-0.39, 0.29) is 36.5 Å². The highest BCUT2D eigenvalue weighted by molar-refractivity contribution is 5.69. The van der Waals surface area contributed by atoms with Crippen molar-refractivity contribution in [2.45, 2.75) is 12.5 Å². The van der Waals surface area contributed by atoms with Crippen LogP contribution >= 0.6 is 0 Å². The van der Waals surface area contributed by atoms with Gasteiger partial charge in [-0.2, -0.15) is 15.8 Å². The maximum Gasteiger partial charge on any atom is 0.410 e. The second-order valence-electron chi connectivity index (χ2n) is 8.29. The van der Waals surface area contributed by atoms with Gasteiger partial charge in [0.2, 0.25) is 0 Å². The number of hydrogen-bond acceptors (Lipinski definition) is 6. The first-order valence-corrected chi connectivity index (χ1v) is 10.7. The molecule has 2 N–H and O–H groups in total. The first kappa shape index (κ1) is 23.5. The van der Waals surface area contributed by atoms with Crippen LogP contribution in [0.4, 0.5) is 13.6 Å². The summed E-state index contributed by atoms with van der Waals surface area (Å²) in [5, 5.41) is 29.9. The molecule has 1 heterocycles. The summed E-state index contributed by atoms with van der Waals surface area (Å²) in [7, 11) is 0. The Morgan fingerprint density at radius 1 is 1.11 bits per heavy atom. The third-order valence-electron chi connectivity index (χ3n) is 6.43. The van der Waals surface area contributed by atoms with Crippen molar-refractivity contribution < 1.29 is 18.3 Å². The van der Waals surface area contributed by atoms with Crippen molar-refractivity contribution in [1.29, 1.82) is 15.8 Å². The van der Waals surface area contributed by atoms with Gasteiger partial charge in [0, 0.05) is 24.9 Å². The van der Waals surface area contributed by atoms with Gasteiger partial charge in [-0.1, -0.05) is 42.5 Å². The van der Waals surface area contributed by atoms with Gasteiger partial charge < -0.3 is 15.4 Å². The highest BCUT2D eigenvalue weighted by Crippen LogP contribution is 2.54. The Morgan fingerprint density at radius 2 is 1.83 bits per heavy atom. The molecule has 2 aliphatic rings. The summed E-state index contributed by atoms with van der Waals surface area (Å²) in [6.45, 7) is 0.127. The molecular formula is C26H19F2N5O2. The molecule has 0 saturated heterocycles. The smallest absolute Gasteiger partial charge is 0.410 e. The summed E-state index contributed by atoms with van der Waals surface area (Å²) in [5.41, 5.74) is 5.30. The average Bonchev–Trinajstić information content (AvgIpc) is 2.88. The third-order valence-corrected chi connectivity index (χ3v) is 6.43. The summed E-state index contributed by atoms with van der Waals surface area (Å²) in [4.78, 5) is 14.2. The molecule has 174 valence electrons. The molecule has 2 aromatic carbocycles. The highest BCUT2D eigenvalue weighted by Gasteiger charge is 2.55. The Balaban J connectivity index is 1.75. The molecule has 0 spiro atoms. The number of halogens is 2. The number of hydrogen-bond donors (Lipinski definition) is 1. The van der Waals surface area contributed by atoms with E-state index in [1.165, 1.54) is 11.0 Å². The fourth-order valence-electron chi connectivity index (χ4n) is 4.72. The lowest BCUT2D eigenvalue weighted by Crippen LogP contribution is -2.49. The van der Waals surface area contributed by atoms with Crippen LogP contribution in [0.15, 0.2) is 71.5 Å². The van der Waals surface area contributed by atoms with Crippen molar-refractivity contribution in [2.24, 2.45) is 17.1 Å². The molecule has 0 fully saturated rings. The van der Waals surface area contributed by atoms with E-state index in [1.54, 1.807) is 6.08 Å². The Labute approximate surface area is 200 Å². The lowest BCUT2D eigenvalue weighted by atomic mass is 9.58. The normalized spacial score (nSPS) is 20.5. The molecule has 9 heteroatoms. The summed E-state index contributed by atoms with van der Waals surface area (Å²) in [6.07, 6.45) is 0.989. The van der Waals surface area contributed by atoms with E-state index in [4.69, 9.17) is 10.5 Å². The van der Waals surface area contributed by atoms with Gasteiger partial charge in [0.25, 0.3) is 0 Å². The predicted octanol–water partition coefficient (Wildman–Crippen LogP) is 4.03. The van der Waals surface area contributed by atoms with E-state index in [9.17, 15) is 29.4 Å². The Hall–Kier alpha value is -4.68. The molecule has 7 nitrogen and oxygen atoms in total. The van der Waals surface area contributed by atoms with Crippen molar-refractivity contribution in [3.8, 4) is 18.2 Å². The van der Waals surface area contributed by atoms with Crippen molar-refractivity contribution in [2.75, 3.05) is 13.1 Å². The van der Waals surface area contributed by atoms with E-state index in [0.717, 1.165) is 17.7 Å². The van der Waals surface area contributed by atoms with Crippen LogP contribution in [0.25, 0.3) is 0 Å². The van der Waals surface area contributed by atoms with Crippen molar-refractivity contribution in [1.82, 2.24) is 4.90 Å². The van der Waals surface area contributed by atoms with Crippen molar-refractivity contribution in [3.05, 3.63) is 94.2 Å². The quantitative estimate of drug-likeness (QED) is 0.720. The zero-order valence-electron chi connectivity index (χ0n) is 18.4. The molecule has 0 aromatic heterocycles. The molecule has 0 radical (unpaired) electrons. The van der Waals surface area contributed by atoms with E-state index in [0.29, 0.717) is 5.57 Å². The Morgan fingerprint density at radius 3 is 2.46 bits per heavy atom. The number of nitrogens with zero attached hydrogens (tertiary/aromatic N) is 4. The van der Waals surface area contributed by atoms with Crippen LogP contribution in [-0.4, -0.2) is 24.1 Å². The minimum absolute atomic E-state index is 0.0192. The average molecular weight is 471 g/mol. The lowest BCUT2D eigenvalue weighted by molar-refractivity contribution is 0.0898. The van der Waals surface area contributed by atoms with Crippen LogP contribution in [0.3, 0.4) is 0 Å². The van der Waals surface area contributed by atoms with Gasteiger partial charge in [0.05, 0.1) is 23.4 Å². The minimum atomic E-state index is -2.03. The highest BCUT2D eigenvalue weighted by atomic mass is 19.2. The maximum atomic E-state index is 14.2. The molecular weight excluding hydrogens is 452 g/mol. The van der Waals surface area contributed by atoms with Gasteiger partial charge in [-0.25, -0.2) is 13.6 Å². The first-order valence-electron chi connectivity index (χ1n) is 10.7. The number of allylic oxidation sites excluding steroid dienone is 2. The largest absolute Gasteiger partial charge is 0.445 e. The van der Waals surface area contributed by atoms with Gasteiger partial charge in [-0.3, -0.25) is 0 Å². The number of nitriles is 3.